The summed E-state index contributed by atoms with van der Waals surface area (Å²) in [5.74, 6) is -0.338. The van der Waals surface area contributed by atoms with Gasteiger partial charge in [-0.2, -0.15) is 0 Å². The molecule has 1 atom stereocenters. The summed E-state index contributed by atoms with van der Waals surface area (Å²) in [6.07, 6.45) is 1.79. The van der Waals surface area contributed by atoms with Gasteiger partial charge in [0.05, 0.1) is 10.7 Å². The number of rotatable bonds is 8. The SMILES string of the molecule is C=C(Nc1cccc([N+](=O)[O-])c1)NC(NC(=O)/C=C/c1ccccc1)C(Cl)(Cl)Cl. The van der Waals surface area contributed by atoms with E-state index < -0.39 is 20.8 Å². The molecule has 1 unspecified atom stereocenters. The van der Waals surface area contributed by atoms with Crippen molar-refractivity contribution in [2.24, 2.45) is 0 Å². The number of hydrogen-bond acceptors (Lipinski definition) is 5. The number of non-ortho nitro benzene ring substituents is 1. The first-order valence-electron chi connectivity index (χ1n) is 8.22. The van der Waals surface area contributed by atoms with Crippen LogP contribution in [0.25, 0.3) is 6.08 Å². The molecule has 0 bridgehead atoms. The van der Waals surface area contributed by atoms with Crippen molar-refractivity contribution >= 4 is 58.2 Å². The predicted octanol–water partition coefficient (Wildman–Crippen LogP) is 4.59. The first-order valence-corrected chi connectivity index (χ1v) is 9.36. The highest BCUT2D eigenvalue weighted by atomic mass is 35.6. The number of anilines is 1. The minimum absolute atomic E-state index is 0.0971. The molecule has 29 heavy (non-hydrogen) atoms. The summed E-state index contributed by atoms with van der Waals surface area (Å²) in [6, 6.07) is 15.0. The zero-order chi connectivity index (χ0) is 21.4. The van der Waals surface area contributed by atoms with Gasteiger partial charge >= 0.3 is 0 Å². The van der Waals surface area contributed by atoms with Crippen LogP contribution in [0.4, 0.5) is 11.4 Å². The summed E-state index contributed by atoms with van der Waals surface area (Å²) in [6.45, 7) is 3.74. The summed E-state index contributed by atoms with van der Waals surface area (Å²) in [5.41, 5.74) is 1.13. The number of hydrogen-bond donors (Lipinski definition) is 3. The highest BCUT2D eigenvalue weighted by Crippen LogP contribution is 2.29. The molecule has 2 aromatic rings. The Morgan fingerprint density at radius 1 is 1.10 bits per heavy atom. The molecule has 1 amide bonds. The molecule has 0 aliphatic rings. The maximum atomic E-state index is 12.2. The summed E-state index contributed by atoms with van der Waals surface area (Å²) in [5, 5.41) is 19.0. The zero-order valence-electron chi connectivity index (χ0n) is 14.9. The van der Waals surface area contributed by atoms with E-state index in [9.17, 15) is 14.9 Å². The van der Waals surface area contributed by atoms with Crippen molar-refractivity contribution in [1.82, 2.24) is 10.6 Å². The Kier molecular flexibility index (Phi) is 7.90. The van der Waals surface area contributed by atoms with E-state index in [4.69, 9.17) is 34.8 Å². The molecule has 0 saturated carbocycles. The number of carbonyl (C=O) groups is 1. The van der Waals surface area contributed by atoms with E-state index in [0.717, 1.165) is 5.56 Å². The van der Waals surface area contributed by atoms with Gasteiger partial charge in [0, 0.05) is 23.9 Å². The second kappa shape index (κ2) is 10.2. The van der Waals surface area contributed by atoms with E-state index in [-0.39, 0.29) is 11.5 Å². The van der Waals surface area contributed by atoms with Crippen LogP contribution in [0.2, 0.25) is 0 Å². The fourth-order valence-corrected chi connectivity index (χ4v) is 2.54. The van der Waals surface area contributed by atoms with Gasteiger partial charge in [-0.25, -0.2) is 0 Å². The van der Waals surface area contributed by atoms with Crippen molar-refractivity contribution in [3.05, 3.63) is 88.8 Å². The van der Waals surface area contributed by atoms with Gasteiger partial charge in [0.2, 0.25) is 9.70 Å². The lowest BCUT2D eigenvalue weighted by molar-refractivity contribution is -0.384. The third-order valence-electron chi connectivity index (χ3n) is 3.51. The minimum Gasteiger partial charge on any atom is -0.349 e. The standard InChI is InChI=1S/C19H17Cl3N4O3/c1-13(23-15-8-5-9-16(12-15)26(28)29)24-18(19(20,21)22)25-17(27)11-10-14-6-3-2-4-7-14/h2-12,18,23-24H,1H2,(H,25,27)/b11-10+. The van der Waals surface area contributed by atoms with E-state index >= 15 is 0 Å². The fraction of sp³-hybridized carbons (Fsp3) is 0.105. The minimum atomic E-state index is -1.90. The quantitative estimate of drug-likeness (QED) is 0.178. The predicted molar refractivity (Wildman–Crippen MR) is 117 cm³/mol. The molecule has 0 heterocycles. The summed E-state index contributed by atoms with van der Waals surface area (Å²) >= 11 is 17.8. The van der Waals surface area contributed by atoms with Crippen molar-refractivity contribution < 1.29 is 9.72 Å². The van der Waals surface area contributed by atoms with Gasteiger partial charge in [-0.15, -0.1) is 0 Å². The van der Waals surface area contributed by atoms with E-state index in [1.165, 1.54) is 24.3 Å². The first kappa shape index (κ1) is 22.5. The van der Waals surface area contributed by atoms with Crippen molar-refractivity contribution in [3.63, 3.8) is 0 Å². The van der Waals surface area contributed by atoms with Gasteiger partial charge in [-0.1, -0.05) is 77.8 Å². The van der Waals surface area contributed by atoms with Gasteiger partial charge in [-0.05, 0) is 17.7 Å². The first-order chi connectivity index (χ1) is 13.6. The summed E-state index contributed by atoms with van der Waals surface area (Å²) < 4.78 is -1.90. The number of amides is 1. The molecule has 0 aliphatic heterocycles. The Labute approximate surface area is 182 Å². The van der Waals surface area contributed by atoms with Crippen LogP contribution in [0, 0.1) is 10.1 Å². The van der Waals surface area contributed by atoms with Crippen LogP contribution in [-0.2, 0) is 4.79 Å². The van der Waals surface area contributed by atoms with Crippen molar-refractivity contribution in [2.45, 2.75) is 9.96 Å². The summed E-state index contributed by atoms with van der Waals surface area (Å²) in [4.78, 5) is 22.5. The van der Waals surface area contributed by atoms with Gasteiger partial charge in [0.1, 0.15) is 6.17 Å². The average molecular weight is 456 g/mol. The highest BCUT2D eigenvalue weighted by molar-refractivity contribution is 6.68. The van der Waals surface area contributed by atoms with E-state index in [0.29, 0.717) is 5.69 Å². The van der Waals surface area contributed by atoms with Crippen molar-refractivity contribution in [3.8, 4) is 0 Å². The molecule has 0 spiro atoms. The van der Waals surface area contributed by atoms with Crippen molar-refractivity contribution in [2.75, 3.05) is 5.32 Å². The molecule has 2 rings (SSSR count). The Morgan fingerprint density at radius 3 is 2.41 bits per heavy atom. The van der Waals surface area contributed by atoms with Crippen LogP contribution in [0.15, 0.2) is 73.1 Å². The molecule has 2 aromatic carbocycles. The fourth-order valence-electron chi connectivity index (χ4n) is 2.21. The van der Waals surface area contributed by atoms with Crippen LogP contribution in [0.5, 0.6) is 0 Å². The molecule has 0 aromatic heterocycles. The zero-order valence-corrected chi connectivity index (χ0v) is 17.2. The number of nitrogens with zero attached hydrogens (tertiary/aromatic N) is 1. The lowest BCUT2D eigenvalue weighted by Gasteiger charge is -2.28. The van der Waals surface area contributed by atoms with Crippen LogP contribution in [0.3, 0.4) is 0 Å². The van der Waals surface area contributed by atoms with E-state index in [1.807, 2.05) is 30.3 Å². The maximum Gasteiger partial charge on any atom is 0.271 e. The van der Waals surface area contributed by atoms with Crippen LogP contribution in [-0.4, -0.2) is 20.8 Å². The van der Waals surface area contributed by atoms with E-state index in [1.54, 1.807) is 12.1 Å². The Hall–Kier alpha value is -2.74. The second-order valence-electron chi connectivity index (χ2n) is 5.78. The topological polar surface area (TPSA) is 96.3 Å². The number of nitro benzene ring substituents is 1. The van der Waals surface area contributed by atoms with Crippen molar-refractivity contribution in [1.29, 1.82) is 0 Å². The molecular weight excluding hydrogens is 439 g/mol. The van der Waals surface area contributed by atoms with Crippen LogP contribution >= 0.6 is 34.8 Å². The second-order valence-corrected chi connectivity index (χ2v) is 8.15. The highest BCUT2D eigenvalue weighted by Gasteiger charge is 2.34. The largest absolute Gasteiger partial charge is 0.349 e. The summed E-state index contributed by atoms with van der Waals surface area (Å²) in [7, 11) is 0. The molecule has 0 saturated heterocycles. The third-order valence-corrected chi connectivity index (χ3v) is 4.17. The molecule has 10 heteroatoms. The normalized spacial score (nSPS) is 12.2. The third kappa shape index (κ3) is 7.65. The van der Waals surface area contributed by atoms with Crippen LogP contribution < -0.4 is 16.0 Å². The number of nitrogens with one attached hydrogen (secondary N) is 3. The molecular formula is C19H17Cl3N4O3. The van der Waals surface area contributed by atoms with Gasteiger partial charge in [0.25, 0.3) is 5.69 Å². The van der Waals surface area contributed by atoms with Gasteiger partial charge in [-0.3, -0.25) is 14.9 Å². The molecule has 0 radical (unpaired) electrons. The molecule has 152 valence electrons. The Balaban J connectivity index is 2.02. The molecule has 3 N–H and O–H groups in total. The van der Waals surface area contributed by atoms with Gasteiger partial charge in [0.15, 0.2) is 0 Å². The smallest absolute Gasteiger partial charge is 0.271 e. The monoisotopic (exact) mass is 454 g/mol. The molecule has 7 nitrogen and oxygen atoms in total. The maximum absolute atomic E-state index is 12.2. The average Bonchev–Trinajstić information content (AvgIpc) is 2.66. The van der Waals surface area contributed by atoms with Gasteiger partial charge < -0.3 is 16.0 Å². The molecule has 0 aliphatic carbocycles. The Bertz CT molecular complexity index is 914. The number of benzene rings is 2. The lowest BCUT2D eigenvalue weighted by Crippen LogP contribution is -2.53. The number of nitro groups is 1. The number of carbonyl (C=O) groups excluding carboxylic acids is 1. The van der Waals surface area contributed by atoms with E-state index in [2.05, 4.69) is 22.5 Å². The molecule has 0 fully saturated rings. The lowest BCUT2D eigenvalue weighted by atomic mass is 10.2. The number of alkyl halides is 3. The van der Waals surface area contributed by atoms with Crippen LogP contribution in [0.1, 0.15) is 5.56 Å². The number of halogens is 3. The Morgan fingerprint density at radius 2 is 1.79 bits per heavy atom.